The molecule has 0 bridgehead atoms. The lowest BCUT2D eigenvalue weighted by molar-refractivity contribution is 0.0928. The zero-order valence-corrected chi connectivity index (χ0v) is 12.0. The lowest BCUT2D eigenvalue weighted by Gasteiger charge is -2.26. The smallest absolute Gasteiger partial charge is 0.253 e. The van der Waals surface area contributed by atoms with Crippen LogP contribution in [0.4, 0.5) is 0 Å². The highest BCUT2D eigenvalue weighted by molar-refractivity contribution is 6.35. The normalized spacial score (nSPS) is 23.7. The summed E-state index contributed by atoms with van der Waals surface area (Å²) >= 11 is 17.9. The molecule has 0 spiro atoms. The van der Waals surface area contributed by atoms with Crippen LogP contribution >= 0.6 is 34.8 Å². The second kappa shape index (κ2) is 6.14. The van der Waals surface area contributed by atoms with E-state index in [-0.39, 0.29) is 17.3 Å². The van der Waals surface area contributed by atoms with Crippen LogP contribution in [0.15, 0.2) is 18.2 Å². The fraction of sp³-hybridized carbons (Fsp3) is 0.462. The van der Waals surface area contributed by atoms with Crippen molar-refractivity contribution in [3.8, 4) is 0 Å². The number of benzene rings is 1. The maximum atomic E-state index is 12.1. The first kappa shape index (κ1) is 14.0. The van der Waals surface area contributed by atoms with E-state index in [4.69, 9.17) is 34.8 Å². The van der Waals surface area contributed by atoms with Gasteiger partial charge in [-0.05, 0) is 43.9 Å². The second-order valence-electron chi connectivity index (χ2n) is 4.55. The van der Waals surface area contributed by atoms with Crippen LogP contribution in [0.5, 0.6) is 0 Å². The molecule has 0 radical (unpaired) electrons. The zero-order valence-electron chi connectivity index (χ0n) is 9.76. The average molecular weight is 307 g/mol. The highest BCUT2D eigenvalue weighted by Crippen LogP contribution is 2.24. The fourth-order valence-electron chi connectivity index (χ4n) is 2.13. The van der Waals surface area contributed by atoms with Crippen molar-refractivity contribution in [1.29, 1.82) is 0 Å². The summed E-state index contributed by atoms with van der Waals surface area (Å²) in [6, 6.07) is 5.07. The molecular weight excluding hydrogens is 293 g/mol. The molecule has 2 nitrogen and oxygen atoms in total. The minimum absolute atomic E-state index is 0.166. The number of halogens is 3. The van der Waals surface area contributed by atoms with Crippen molar-refractivity contribution in [2.24, 2.45) is 0 Å². The Balaban J connectivity index is 2.01. The van der Waals surface area contributed by atoms with Gasteiger partial charge in [-0.2, -0.15) is 0 Å². The first-order valence-electron chi connectivity index (χ1n) is 5.96. The molecule has 1 N–H and O–H groups in total. The Labute approximate surface area is 122 Å². The van der Waals surface area contributed by atoms with E-state index in [1.54, 1.807) is 18.2 Å². The number of amides is 1. The Morgan fingerprint density at radius 1 is 1.17 bits per heavy atom. The largest absolute Gasteiger partial charge is 0.349 e. The van der Waals surface area contributed by atoms with Gasteiger partial charge in [0.2, 0.25) is 0 Å². The van der Waals surface area contributed by atoms with Crippen LogP contribution < -0.4 is 5.32 Å². The maximum absolute atomic E-state index is 12.1. The van der Waals surface area contributed by atoms with Crippen molar-refractivity contribution >= 4 is 40.7 Å². The molecule has 1 aliphatic carbocycles. The van der Waals surface area contributed by atoms with Gasteiger partial charge in [-0.1, -0.05) is 23.2 Å². The number of hydrogen-bond donors (Lipinski definition) is 1. The number of carbonyl (C=O) groups is 1. The van der Waals surface area contributed by atoms with Crippen LogP contribution in [0, 0.1) is 0 Å². The highest BCUT2D eigenvalue weighted by Gasteiger charge is 2.22. The summed E-state index contributed by atoms with van der Waals surface area (Å²) in [5.41, 5.74) is 0.428. The quantitative estimate of drug-likeness (QED) is 0.812. The Morgan fingerprint density at radius 2 is 1.83 bits per heavy atom. The number of alkyl halides is 1. The van der Waals surface area contributed by atoms with Crippen molar-refractivity contribution in [2.75, 3.05) is 0 Å². The minimum atomic E-state index is -0.166. The lowest BCUT2D eigenvalue weighted by Crippen LogP contribution is -2.37. The van der Waals surface area contributed by atoms with E-state index in [1.807, 2.05) is 0 Å². The van der Waals surface area contributed by atoms with Crippen LogP contribution in [-0.2, 0) is 0 Å². The van der Waals surface area contributed by atoms with E-state index in [0.717, 1.165) is 25.7 Å². The van der Waals surface area contributed by atoms with Crippen LogP contribution in [-0.4, -0.2) is 17.3 Å². The SMILES string of the molecule is O=C(NC1CCC(Cl)CC1)c1cc(Cl)ccc1Cl. The van der Waals surface area contributed by atoms with Gasteiger partial charge in [0.15, 0.2) is 0 Å². The highest BCUT2D eigenvalue weighted by atomic mass is 35.5. The Morgan fingerprint density at radius 3 is 2.50 bits per heavy atom. The third kappa shape index (κ3) is 3.53. The number of rotatable bonds is 2. The summed E-state index contributed by atoms with van der Waals surface area (Å²) in [6.07, 6.45) is 3.71. The van der Waals surface area contributed by atoms with Gasteiger partial charge in [-0.25, -0.2) is 0 Å². The van der Waals surface area contributed by atoms with E-state index < -0.39 is 0 Å². The predicted molar refractivity (Wildman–Crippen MR) is 75.8 cm³/mol. The molecule has 98 valence electrons. The summed E-state index contributed by atoms with van der Waals surface area (Å²) in [5, 5.41) is 4.15. The average Bonchev–Trinajstić information content (AvgIpc) is 2.35. The third-order valence-corrected chi connectivity index (χ3v) is 4.17. The molecule has 18 heavy (non-hydrogen) atoms. The molecule has 0 unspecified atom stereocenters. The lowest BCUT2D eigenvalue weighted by atomic mass is 9.95. The van der Waals surface area contributed by atoms with Crippen LogP contribution in [0.3, 0.4) is 0 Å². The van der Waals surface area contributed by atoms with Gasteiger partial charge in [0.25, 0.3) is 5.91 Å². The molecule has 1 fully saturated rings. The van der Waals surface area contributed by atoms with E-state index in [0.29, 0.717) is 15.6 Å². The standard InChI is InChI=1S/C13H14Cl3NO/c14-8-1-4-10(5-2-8)17-13(18)11-7-9(15)3-6-12(11)16/h3,6-8,10H,1-2,4-5H2,(H,17,18). The number of hydrogen-bond acceptors (Lipinski definition) is 1. The molecule has 2 rings (SSSR count). The summed E-state index contributed by atoms with van der Waals surface area (Å²) in [4.78, 5) is 12.1. The second-order valence-corrected chi connectivity index (χ2v) is 6.01. The Bertz CT molecular complexity index is 442. The zero-order chi connectivity index (χ0) is 13.1. The summed E-state index contributed by atoms with van der Waals surface area (Å²) < 4.78 is 0. The summed E-state index contributed by atoms with van der Waals surface area (Å²) in [6.45, 7) is 0. The van der Waals surface area contributed by atoms with Gasteiger partial charge < -0.3 is 5.32 Å². The first-order valence-corrected chi connectivity index (χ1v) is 7.15. The van der Waals surface area contributed by atoms with Gasteiger partial charge in [0.1, 0.15) is 0 Å². The third-order valence-electron chi connectivity index (χ3n) is 3.16. The topological polar surface area (TPSA) is 29.1 Å². The summed E-state index contributed by atoms with van der Waals surface area (Å²) in [5.74, 6) is -0.166. The van der Waals surface area contributed by atoms with Crippen LogP contribution in [0.2, 0.25) is 10.0 Å². The molecule has 1 aromatic rings. The first-order chi connectivity index (χ1) is 8.56. The predicted octanol–water partition coefficient (Wildman–Crippen LogP) is 4.27. The molecule has 0 saturated heterocycles. The molecule has 1 saturated carbocycles. The molecule has 0 atom stereocenters. The van der Waals surface area contributed by atoms with E-state index in [9.17, 15) is 4.79 Å². The molecule has 0 aromatic heterocycles. The summed E-state index contributed by atoms with van der Waals surface area (Å²) in [7, 11) is 0. The van der Waals surface area contributed by atoms with Crippen molar-refractivity contribution < 1.29 is 4.79 Å². The van der Waals surface area contributed by atoms with Gasteiger partial charge in [-0.15, -0.1) is 11.6 Å². The van der Waals surface area contributed by atoms with Crippen molar-refractivity contribution in [3.63, 3.8) is 0 Å². The fourth-order valence-corrected chi connectivity index (χ4v) is 2.76. The van der Waals surface area contributed by atoms with Gasteiger partial charge in [0.05, 0.1) is 10.6 Å². The number of carbonyl (C=O) groups excluding carboxylic acids is 1. The molecule has 1 aliphatic rings. The Hall–Kier alpha value is -0.440. The van der Waals surface area contributed by atoms with Crippen LogP contribution in [0.25, 0.3) is 0 Å². The maximum Gasteiger partial charge on any atom is 0.253 e. The molecule has 0 heterocycles. The molecule has 1 amide bonds. The monoisotopic (exact) mass is 305 g/mol. The van der Waals surface area contributed by atoms with E-state index in [2.05, 4.69) is 5.32 Å². The van der Waals surface area contributed by atoms with E-state index in [1.165, 1.54) is 0 Å². The molecular formula is C13H14Cl3NO. The number of nitrogens with one attached hydrogen (secondary N) is 1. The minimum Gasteiger partial charge on any atom is -0.349 e. The van der Waals surface area contributed by atoms with Crippen molar-refractivity contribution in [1.82, 2.24) is 5.32 Å². The Kier molecular flexibility index (Phi) is 4.77. The van der Waals surface area contributed by atoms with Crippen LogP contribution in [0.1, 0.15) is 36.0 Å². The molecule has 0 aliphatic heterocycles. The van der Waals surface area contributed by atoms with Gasteiger partial charge in [0, 0.05) is 16.4 Å². The molecule has 5 heteroatoms. The van der Waals surface area contributed by atoms with E-state index >= 15 is 0 Å². The van der Waals surface area contributed by atoms with Crippen molar-refractivity contribution in [2.45, 2.75) is 37.1 Å². The van der Waals surface area contributed by atoms with Gasteiger partial charge >= 0.3 is 0 Å². The van der Waals surface area contributed by atoms with Gasteiger partial charge in [-0.3, -0.25) is 4.79 Å². The van der Waals surface area contributed by atoms with Crippen molar-refractivity contribution in [3.05, 3.63) is 33.8 Å². The molecule has 1 aromatic carbocycles.